The number of nitrogens with zero attached hydrogens (tertiary/aromatic N) is 2. The molecule has 33 heavy (non-hydrogen) atoms. The summed E-state index contributed by atoms with van der Waals surface area (Å²) in [6.07, 6.45) is 1.86. The van der Waals surface area contributed by atoms with Crippen LogP contribution in [0.4, 0.5) is 0 Å². The normalized spacial score (nSPS) is 16.7. The lowest BCUT2D eigenvalue weighted by atomic mass is 10.00. The van der Waals surface area contributed by atoms with Gasteiger partial charge in [0, 0.05) is 24.0 Å². The Hall–Kier alpha value is -2.19. The second-order valence-electron chi connectivity index (χ2n) is 8.78. The highest BCUT2D eigenvalue weighted by Crippen LogP contribution is 2.34. The Morgan fingerprint density at radius 2 is 2.09 bits per heavy atom. The number of ether oxygens (including phenoxy) is 2. The van der Waals surface area contributed by atoms with Crippen molar-refractivity contribution in [3.63, 3.8) is 0 Å². The minimum Gasteiger partial charge on any atom is -0.491 e. The van der Waals surface area contributed by atoms with E-state index in [4.69, 9.17) is 9.47 Å². The van der Waals surface area contributed by atoms with Crippen molar-refractivity contribution >= 4 is 17.2 Å². The molecule has 6 nitrogen and oxygen atoms in total. The smallest absolute Gasteiger partial charge is 0.237 e. The van der Waals surface area contributed by atoms with Crippen LogP contribution in [0.5, 0.6) is 5.75 Å². The summed E-state index contributed by atoms with van der Waals surface area (Å²) in [7, 11) is 0. The maximum Gasteiger partial charge on any atom is 0.237 e. The van der Waals surface area contributed by atoms with Gasteiger partial charge in [0.05, 0.1) is 31.9 Å². The van der Waals surface area contributed by atoms with Crippen molar-refractivity contribution < 1.29 is 19.4 Å². The number of amides is 1. The number of carbonyl (C=O) groups is 1. The molecule has 1 aromatic carbocycles. The van der Waals surface area contributed by atoms with E-state index < -0.39 is 6.10 Å². The van der Waals surface area contributed by atoms with E-state index in [0.29, 0.717) is 26.3 Å². The molecule has 2 aromatic rings. The minimum absolute atomic E-state index is 0.0530. The zero-order valence-corrected chi connectivity index (χ0v) is 20.7. The van der Waals surface area contributed by atoms with E-state index in [1.165, 1.54) is 16.0 Å². The summed E-state index contributed by atoms with van der Waals surface area (Å²) in [6.45, 7) is 12.1. The molecule has 3 rings (SSSR count). The van der Waals surface area contributed by atoms with Gasteiger partial charge in [-0.05, 0) is 56.3 Å². The Morgan fingerprint density at radius 3 is 2.79 bits per heavy atom. The van der Waals surface area contributed by atoms with Crippen molar-refractivity contribution in [1.82, 2.24) is 9.80 Å². The molecule has 1 N–H and O–H groups in total. The number of aliphatic hydroxyl groups excluding tert-OH is 1. The second kappa shape index (κ2) is 12.3. The van der Waals surface area contributed by atoms with Crippen molar-refractivity contribution in [2.45, 2.75) is 45.4 Å². The van der Waals surface area contributed by atoms with Gasteiger partial charge in [-0.3, -0.25) is 9.69 Å². The molecule has 1 aromatic heterocycles. The van der Waals surface area contributed by atoms with E-state index in [1.807, 2.05) is 54.8 Å². The third kappa shape index (κ3) is 7.14. The highest BCUT2D eigenvalue weighted by Gasteiger charge is 2.33. The van der Waals surface area contributed by atoms with Crippen molar-refractivity contribution in [2.24, 2.45) is 0 Å². The Morgan fingerprint density at radius 1 is 1.33 bits per heavy atom. The molecule has 0 saturated heterocycles. The van der Waals surface area contributed by atoms with Crippen molar-refractivity contribution in [3.05, 3.63) is 64.4 Å². The Labute approximate surface area is 201 Å². The number of rotatable bonds is 12. The highest BCUT2D eigenvalue weighted by atomic mass is 32.1. The first-order valence-electron chi connectivity index (χ1n) is 11.5. The summed E-state index contributed by atoms with van der Waals surface area (Å²) in [6, 6.07) is 10.1. The molecule has 7 heteroatoms. The molecule has 0 saturated carbocycles. The largest absolute Gasteiger partial charge is 0.491 e. The first kappa shape index (κ1) is 25.4. The minimum atomic E-state index is -0.661. The van der Waals surface area contributed by atoms with Crippen LogP contribution in [-0.2, 0) is 16.0 Å². The lowest BCUT2D eigenvalue weighted by Crippen LogP contribution is -2.49. The predicted molar refractivity (Wildman–Crippen MR) is 133 cm³/mol. The lowest BCUT2D eigenvalue weighted by Gasteiger charge is -2.38. The lowest BCUT2D eigenvalue weighted by molar-refractivity contribution is -0.137. The molecule has 0 aliphatic carbocycles. The third-order valence-electron chi connectivity index (χ3n) is 5.90. The summed E-state index contributed by atoms with van der Waals surface area (Å²) in [5, 5.41) is 12.5. The van der Waals surface area contributed by atoms with E-state index in [2.05, 4.69) is 18.0 Å². The van der Waals surface area contributed by atoms with Crippen LogP contribution in [-0.4, -0.2) is 72.4 Å². The molecule has 0 unspecified atom stereocenters. The standard InChI is InChI=1S/C26H36N2O4S/c1-5-13-31-17-21(29)15-27(19(2)3)16-26(30)28-12-10-25-23(11-14-33-25)24(28)18-32-22-8-6-20(4)7-9-22/h5-9,11,14,19,21,24,29H,1,10,12-13,15-18H2,2-4H3/t21-,24+/m0/s1. The number of thiophene rings is 1. The first-order chi connectivity index (χ1) is 15.9. The number of aliphatic hydroxyl groups is 1. The fraction of sp³-hybridized carbons (Fsp3) is 0.500. The SMILES string of the molecule is C=CCOC[C@@H](O)CN(CC(=O)N1CCc2sccc2[C@H]1COc1ccc(C)cc1)C(C)C. The average Bonchev–Trinajstić information content (AvgIpc) is 3.27. The van der Waals surface area contributed by atoms with Gasteiger partial charge in [-0.15, -0.1) is 17.9 Å². The van der Waals surface area contributed by atoms with Gasteiger partial charge < -0.3 is 19.5 Å². The van der Waals surface area contributed by atoms with E-state index >= 15 is 0 Å². The quantitative estimate of drug-likeness (QED) is 0.376. The summed E-state index contributed by atoms with van der Waals surface area (Å²) < 4.78 is 11.5. The maximum atomic E-state index is 13.5. The Bertz CT molecular complexity index is 896. The van der Waals surface area contributed by atoms with Gasteiger partial charge in [0.15, 0.2) is 0 Å². The zero-order chi connectivity index (χ0) is 23.8. The number of aryl methyl sites for hydroxylation is 1. The fourth-order valence-electron chi connectivity index (χ4n) is 4.02. The van der Waals surface area contributed by atoms with Crippen LogP contribution in [0.2, 0.25) is 0 Å². The molecule has 2 atom stereocenters. The topological polar surface area (TPSA) is 62.2 Å². The molecular weight excluding hydrogens is 436 g/mol. The molecule has 2 heterocycles. The number of benzene rings is 1. The summed E-state index contributed by atoms with van der Waals surface area (Å²) in [5.41, 5.74) is 2.36. The van der Waals surface area contributed by atoms with Crippen LogP contribution >= 0.6 is 11.3 Å². The van der Waals surface area contributed by atoms with Gasteiger partial charge in [0.1, 0.15) is 12.4 Å². The fourth-order valence-corrected chi connectivity index (χ4v) is 4.95. The summed E-state index contributed by atoms with van der Waals surface area (Å²) in [4.78, 5) is 18.7. The highest BCUT2D eigenvalue weighted by molar-refractivity contribution is 7.10. The number of hydrogen-bond donors (Lipinski definition) is 1. The molecule has 1 amide bonds. The first-order valence-corrected chi connectivity index (χ1v) is 12.4. The van der Waals surface area contributed by atoms with Gasteiger partial charge in [-0.1, -0.05) is 23.8 Å². The third-order valence-corrected chi connectivity index (χ3v) is 6.90. The predicted octanol–water partition coefficient (Wildman–Crippen LogP) is 3.84. The molecule has 1 aliphatic heterocycles. The zero-order valence-electron chi connectivity index (χ0n) is 19.9. The van der Waals surface area contributed by atoms with Crippen LogP contribution < -0.4 is 4.74 Å². The molecule has 0 bridgehead atoms. The van der Waals surface area contributed by atoms with Crippen molar-refractivity contribution in [3.8, 4) is 5.75 Å². The van der Waals surface area contributed by atoms with Crippen molar-refractivity contribution in [2.75, 3.05) is 39.5 Å². The molecule has 1 aliphatic rings. The van der Waals surface area contributed by atoms with Gasteiger partial charge in [-0.25, -0.2) is 0 Å². The Balaban J connectivity index is 1.67. The van der Waals surface area contributed by atoms with E-state index in [-0.39, 0.29) is 31.1 Å². The summed E-state index contributed by atoms with van der Waals surface area (Å²) in [5.74, 6) is 0.860. The van der Waals surface area contributed by atoms with E-state index in [1.54, 1.807) is 17.4 Å². The van der Waals surface area contributed by atoms with Gasteiger partial charge in [0.2, 0.25) is 5.91 Å². The number of hydrogen-bond acceptors (Lipinski definition) is 6. The monoisotopic (exact) mass is 472 g/mol. The Kier molecular flexibility index (Phi) is 9.50. The molecule has 180 valence electrons. The van der Waals surface area contributed by atoms with Crippen LogP contribution in [0.15, 0.2) is 48.4 Å². The van der Waals surface area contributed by atoms with E-state index in [9.17, 15) is 9.90 Å². The van der Waals surface area contributed by atoms with E-state index in [0.717, 1.165) is 12.2 Å². The van der Waals surface area contributed by atoms with Gasteiger partial charge >= 0.3 is 0 Å². The molecule has 0 spiro atoms. The second-order valence-corrected chi connectivity index (χ2v) is 9.78. The van der Waals surface area contributed by atoms with Crippen LogP contribution in [0.3, 0.4) is 0 Å². The van der Waals surface area contributed by atoms with Gasteiger partial charge in [-0.2, -0.15) is 0 Å². The number of fused-ring (bicyclic) bond motifs is 1. The maximum absolute atomic E-state index is 13.5. The van der Waals surface area contributed by atoms with Gasteiger partial charge in [0.25, 0.3) is 0 Å². The van der Waals surface area contributed by atoms with Crippen LogP contribution in [0.1, 0.15) is 35.9 Å². The average molecular weight is 473 g/mol. The van der Waals surface area contributed by atoms with Crippen molar-refractivity contribution in [1.29, 1.82) is 0 Å². The van der Waals surface area contributed by atoms with Crippen LogP contribution in [0, 0.1) is 6.92 Å². The molecule has 0 radical (unpaired) electrons. The molecule has 0 fully saturated rings. The molecular formula is C26H36N2O4S. The van der Waals surface area contributed by atoms with Crippen LogP contribution in [0.25, 0.3) is 0 Å². The summed E-state index contributed by atoms with van der Waals surface area (Å²) >= 11 is 1.75. The number of carbonyl (C=O) groups excluding carboxylic acids is 1.